The number of hydrogen-bond donors (Lipinski definition) is 1. The number of aliphatic carboxylic acids is 1. The molecule has 0 unspecified atom stereocenters. The van der Waals surface area contributed by atoms with E-state index in [-0.39, 0.29) is 29.8 Å². The van der Waals surface area contributed by atoms with Gasteiger partial charge in [0.25, 0.3) is 0 Å². The summed E-state index contributed by atoms with van der Waals surface area (Å²) in [5.74, 6) is 0.134. The molecule has 38 heavy (non-hydrogen) atoms. The number of nitrogens with zero attached hydrogens (tertiary/aromatic N) is 1. The zero-order valence-electron chi connectivity index (χ0n) is 21.9. The molecule has 2 fully saturated rings. The van der Waals surface area contributed by atoms with Gasteiger partial charge in [-0.2, -0.15) is 0 Å². The van der Waals surface area contributed by atoms with E-state index >= 15 is 0 Å². The van der Waals surface area contributed by atoms with Gasteiger partial charge in [-0.1, -0.05) is 60.7 Å². The number of fused-ring (bicyclic) bond motifs is 4. The average Bonchev–Trinajstić information content (AvgIpc) is 2.92. The molecule has 0 bridgehead atoms. The number of para-hydroxylation sites is 1. The fourth-order valence-electron chi connectivity index (χ4n) is 6.93. The summed E-state index contributed by atoms with van der Waals surface area (Å²) in [6.45, 7) is 4.06. The smallest absolute Gasteiger partial charge is 0.303 e. The quantitative estimate of drug-likeness (QED) is 0.468. The number of rotatable bonds is 5. The van der Waals surface area contributed by atoms with Crippen LogP contribution in [0.25, 0.3) is 10.8 Å². The molecule has 198 valence electrons. The molecule has 3 aliphatic heterocycles. The first-order valence-corrected chi connectivity index (χ1v) is 13.7. The SMILES string of the molecule is C[C@]1(CCC(=O)O)Oc2ccccc2[C@@H]2OC[C@]3(CCCN(C(=O)Cc4ccc5ccccc5c4)C3)C[C@H]21. The minimum Gasteiger partial charge on any atom is -0.487 e. The Labute approximate surface area is 223 Å². The van der Waals surface area contributed by atoms with Gasteiger partial charge in [-0.3, -0.25) is 9.59 Å². The van der Waals surface area contributed by atoms with E-state index in [4.69, 9.17) is 9.47 Å². The third kappa shape index (κ3) is 4.66. The van der Waals surface area contributed by atoms with Crippen molar-refractivity contribution >= 4 is 22.6 Å². The Bertz CT molecular complexity index is 1370. The van der Waals surface area contributed by atoms with Gasteiger partial charge in [-0.25, -0.2) is 0 Å². The molecule has 6 nitrogen and oxygen atoms in total. The van der Waals surface area contributed by atoms with E-state index in [1.54, 1.807) is 0 Å². The van der Waals surface area contributed by atoms with Gasteiger partial charge in [0.1, 0.15) is 11.4 Å². The van der Waals surface area contributed by atoms with Gasteiger partial charge < -0.3 is 19.5 Å². The number of ether oxygens (including phenoxy) is 2. The maximum Gasteiger partial charge on any atom is 0.303 e. The molecule has 3 heterocycles. The molecule has 1 amide bonds. The molecule has 1 spiro atoms. The Morgan fingerprint density at radius 1 is 1.05 bits per heavy atom. The molecule has 1 N–H and O–H groups in total. The van der Waals surface area contributed by atoms with Crippen molar-refractivity contribution < 1.29 is 24.2 Å². The van der Waals surface area contributed by atoms with Gasteiger partial charge in [-0.15, -0.1) is 0 Å². The molecule has 6 heteroatoms. The van der Waals surface area contributed by atoms with Crippen LogP contribution in [0.15, 0.2) is 66.7 Å². The molecule has 0 aromatic heterocycles. The number of piperidine rings is 1. The summed E-state index contributed by atoms with van der Waals surface area (Å²) in [5, 5.41) is 11.8. The number of benzene rings is 3. The highest BCUT2D eigenvalue weighted by atomic mass is 16.5. The number of carbonyl (C=O) groups excluding carboxylic acids is 1. The molecule has 2 saturated heterocycles. The molecular formula is C32H35NO5. The fraction of sp³-hybridized carbons (Fsp3) is 0.438. The maximum absolute atomic E-state index is 13.5. The van der Waals surface area contributed by atoms with Crippen LogP contribution in [0.4, 0.5) is 0 Å². The predicted octanol–water partition coefficient (Wildman–Crippen LogP) is 5.78. The van der Waals surface area contributed by atoms with Crippen LogP contribution in [0.2, 0.25) is 0 Å². The number of carboxylic acid groups (broad SMARTS) is 1. The predicted molar refractivity (Wildman–Crippen MR) is 145 cm³/mol. The van der Waals surface area contributed by atoms with Crippen LogP contribution in [0, 0.1) is 11.3 Å². The molecule has 0 radical (unpaired) electrons. The van der Waals surface area contributed by atoms with Crippen molar-refractivity contribution in [1.29, 1.82) is 0 Å². The summed E-state index contributed by atoms with van der Waals surface area (Å²) >= 11 is 0. The topological polar surface area (TPSA) is 76.1 Å². The van der Waals surface area contributed by atoms with Crippen LogP contribution >= 0.6 is 0 Å². The third-order valence-corrected chi connectivity index (χ3v) is 8.96. The van der Waals surface area contributed by atoms with Gasteiger partial charge >= 0.3 is 5.97 Å². The molecule has 6 rings (SSSR count). The van der Waals surface area contributed by atoms with E-state index in [0.29, 0.717) is 26.0 Å². The van der Waals surface area contributed by atoms with Crippen molar-refractivity contribution in [3.63, 3.8) is 0 Å². The van der Waals surface area contributed by atoms with Gasteiger partial charge in [-0.05, 0) is 55.0 Å². The van der Waals surface area contributed by atoms with Crippen LogP contribution in [-0.4, -0.2) is 47.2 Å². The van der Waals surface area contributed by atoms with Gasteiger partial charge in [0, 0.05) is 36.4 Å². The molecular weight excluding hydrogens is 478 g/mol. The zero-order chi connectivity index (χ0) is 26.3. The summed E-state index contributed by atoms with van der Waals surface area (Å²) in [6.07, 6.45) is 3.50. The number of carboxylic acids is 1. The van der Waals surface area contributed by atoms with Crippen LogP contribution in [0.5, 0.6) is 5.75 Å². The Hall–Kier alpha value is -3.38. The van der Waals surface area contributed by atoms with Crippen molar-refractivity contribution in [3.8, 4) is 5.75 Å². The lowest BCUT2D eigenvalue weighted by atomic mass is 9.64. The molecule has 0 saturated carbocycles. The molecule has 4 atom stereocenters. The van der Waals surface area contributed by atoms with Crippen LogP contribution in [0.1, 0.15) is 56.3 Å². The highest BCUT2D eigenvalue weighted by Gasteiger charge is 2.54. The van der Waals surface area contributed by atoms with E-state index < -0.39 is 11.6 Å². The monoisotopic (exact) mass is 513 g/mol. The highest BCUT2D eigenvalue weighted by molar-refractivity contribution is 5.85. The first-order valence-electron chi connectivity index (χ1n) is 13.7. The van der Waals surface area contributed by atoms with E-state index in [0.717, 1.165) is 48.1 Å². The van der Waals surface area contributed by atoms with E-state index in [1.807, 2.05) is 42.2 Å². The van der Waals surface area contributed by atoms with Crippen molar-refractivity contribution in [2.24, 2.45) is 11.3 Å². The molecule has 0 aliphatic carbocycles. The first kappa shape index (κ1) is 24.9. The van der Waals surface area contributed by atoms with E-state index in [2.05, 4.69) is 36.4 Å². The number of amides is 1. The second kappa shape index (κ2) is 9.73. The van der Waals surface area contributed by atoms with Crippen LogP contribution in [0.3, 0.4) is 0 Å². The standard InChI is InChI=1S/C32H35NO5/c1-31(15-13-29(35)36)26-19-32(21-37-30(26)25-9-4-5-10-27(25)38-31)14-6-16-33(20-32)28(34)18-22-11-12-23-7-2-3-8-24(23)17-22/h2-5,7-12,17,26,30H,6,13-16,18-21H2,1H3,(H,35,36)/t26-,30+,31-,32-/m1/s1. The second-order valence-electron chi connectivity index (χ2n) is 11.7. The van der Waals surface area contributed by atoms with Gasteiger partial charge in [0.2, 0.25) is 5.91 Å². The summed E-state index contributed by atoms with van der Waals surface area (Å²) in [4.78, 5) is 27.0. The number of hydrogen-bond acceptors (Lipinski definition) is 4. The Morgan fingerprint density at radius 3 is 2.68 bits per heavy atom. The lowest BCUT2D eigenvalue weighted by Crippen LogP contribution is -2.57. The van der Waals surface area contributed by atoms with Gasteiger partial charge in [0.15, 0.2) is 0 Å². The van der Waals surface area contributed by atoms with Crippen molar-refractivity contribution in [3.05, 3.63) is 77.9 Å². The summed E-state index contributed by atoms with van der Waals surface area (Å²) in [7, 11) is 0. The first-order chi connectivity index (χ1) is 18.3. The zero-order valence-corrected chi connectivity index (χ0v) is 21.9. The summed E-state index contributed by atoms with van der Waals surface area (Å²) in [6, 6.07) is 22.4. The number of carbonyl (C=O) groups is 2. The second-order valence-corrected chi connectivity index (χ2v) is 11.7. The van der Waals surface area contributed by atoms with E-state index in [9.17, 15) is 14.7 Å². The minimum absolute atomic E-state index is 0.0149. The molecule has 3 aliphatic rings. The lowest BCUT2D eigenvalue weighted by Gasteiger charge is -2.55. The van der Waals surface area contributed by atoms with Crippen molar-refractivity contribution in [2.75, 3.05) is 19.7 Å². The highest BCUT2D eigenvalue weighted by Crippen LogP contribution is 2.56. The summed E-state index contributed by atoms with van der Waals surface area (Å²) < 4.78 is 13.2. The van der Waals surface area contributed by atoms with Crippen molar-refractivity contribution in [2.45, 2.75) is 57.2 Å². The average molecular weight is 514 g/mol. The van der Waals surface area contributed by atoms with E-state index in [1.165, 1.54) is 5.39 Å². The van der Waals surface area contributed by atoms with Crippen LogP contribution in [-0.2, 0) is 20.7 Å². The molecule has 3 aromatic rings. The lowest BCUT2D eigenvalue weighted by molar-refractivity contribution is -0.185. The number of likely N-dealkylation sites (tertiary alicyclic amines) is 1. The Balaban J connectivity index is 1.22. The third-order valence-electron chi connectivity index (χ3n) is 8.96. The van der Waals surface area contributed by atoms with Gasteiger partial charge in [0.05, 0.1) is 19.1 Å². The largest absolute Gasteiger partial charge is 0.487 e. The minimum atomic E-state index is -0.820. The normalized spacial score (nSPS) is 28.4. The van der Waals surface area contributed by atoms with Crippen molar-refractivity contribution in [1.82, 2.24) is 4.90 Å². The summed E-state index contributed by atoms with van der Waals surface area (Å²) in [5.41, 5.74) is 1.27. The molecule has 3 aromatic carbocycles. The Kier molecular flexibility index (Phi) is 6.39. The fourth-order valence-corrected chi connectivity index (χ4v) is 6.93. The maximum atomic E-state index is 13.5. The Morgan fingerprint density at radius 2 is 1.84 bits per heavy atom. The van der Waals surface area contributed by atoms with Crippen LogP contribution < -0.4 is 4.74 Å².